The molecule has 0 saturated carbocycles. The van der Waals surface area contributed by atoms with Crippen LogP contribution in [0.15, 0.2) is 29.2 Å². The minimum absolute atomic E-state index is 0.134. The zero-order valence-corrected chi connectivity index (χ0v) is 11.2. The molecule has 0 aliphatic carbocycles. The third-order valence-electron chi connectivity index (χ3n) is 2.14. The molecule has 0 bridgehead atoms. The van der Waals surface area contributed by atoms with E-state index in [4.69, 9.17) is 15.3 Å². The molecule has 0 radical (unpaired) electrons. The van der Waals surface area contributed by atoms with Gasteiger partial charge in [0, 0.05) is 0 Å². The topological polar surface area (TPSA) is 52.6 Å². The summed E-state index contributed by atoms with van der Waals surface area (Å²) < 4.78 is 33.7. The van der Waals surface area contributed by atoms with Crippen LogP contribution in [0.4, 0.5) is 0 Å². The van der Waals surface area contributed by atoms with Gasteiger partial charge < -0.3 is 4.74 Å². The van der Waals surface area contributed by atoms with Crippen molar-refractivity contribution in [2.75, 3.05) is 13.2 Å². The first-order valence-corrected chi connectivity index (χ1v) is 6.87. The van der Waals surface area contributed by atoms with Crippen molar-refractivity contribution in [3.05, 3.63) is 29.8 Å². The second kappa shape index (κ2) is 6.55. The highest BCUT2D eigenvalue weighted by Gasteiger charge is 2.18. The Morgan fingerprint density at radius 2 is 1.94 bits per heavy atom. The summed E-state index contributed by atoms with van der Waals surface area (Å²) in [6, 6.07) is 6.46. The molecular formula is C13H16O4S. The summed E-state index contributed by atoms with van der Waals surface area (Å²) in [5, 5.41) is 0. The van der Waals surface area contributed by atoms with E-state index in [1.165, 1.54) is 12.1 Å². The van der Waals surface area contributed by atoms with Crippen LogP contribution in [0, 0.1) is 19.3 Å². The fourth-order valence-corrected chi connectivity index (χ4v) is 2.36. The van der Waals surface area contributed by atoms with Gasteiger partial charge in [-0.2, -0.15) is 8.42 Å². The van der Waals surface area contributed by atoms with E-state index in [1.807, 2.05) is 6.92 Å². The van der Waals surface area contributed by atoms with E-state index in [-0.39, 0.29) is 18.1 Å². The summed E-state index contributed by atoms with van der Waals surface area (Å²) in [7, 11) is -3.75. The molecular weight excluding hydrogens is 252 g/mol. The Labute approximate surface area is 108 Å². The molecule has 0 amide bonds. The summed E-state index contributed by atoms with van der Waals surface area (Å²) in [6.45, 7) is 3.77. The van der Waals surface area contributed by atoms with Crippen LogP contribution >= 0.6 is 0 Å². The van der Waals surface area contributed by atoms with Gasteiger partial charge in [-0.15, -0.1) is 6.42 Å². The molecule has 0 aliphatic heterocycles. The van der Waals surface area contributed by atoms with E-state index in [1.54, 1.807) is 19.1 Å². The van der Waals surface area contributed by atoms with Gasteiger partial charge in [-0.3, -0.25) is 4.18 Å². The summed E-state index contributed by atoms with van der Waals surface area (Å²) in [5.41, 5.74) is 0.986. The number of hydrogen-bond acceptors (Lipinski definition) is 4. The predicted octanol–water partition coefficient (Wildman–Crippen LogP) is 1.74. The van der Waals surface area contributed by atoms with Gasteiger partial charge in [0.15, 0.2) is 0 Å². The quantitative estimate of drug-likeness (QED) is 0.448. The van der Waals surface area contributed by atoms with Gasteiger partial charge >= 0.3 is 0 Å². The molecule has 1 aromatic carbocycles. The maximum atomic E-state index is 11.9. The number of aryl methyl sites for hydroxylation is 1. The van der Waals surface area contributed by atoms with E-state index in [9.17, 15) is 8.42 Å². The molecule has 0 heterocycles. The molecule has 0 aromatic heterocycles. The van der Waals surface area contributed by atoms with Gasteiger partial charge in [0.1, 0.15) is 6.61 Å². The molecule has 0 N–H and O–H groups in total. The summed E-state index contributed by atoms with van der Waals surface area (Å²) in [4.78, 5) is 0.136. The average Bonchev–Trinajstić information content (AvgIpc) is 2.29. The van der Waals surface area contributed by atoms with Crippen molar-refractivity contribution < 1.29 is 17.3 Å². The van der Waals surface area contributed by atoms with E-state index in [0.29, 0.717) is 0 Å². The van der Waals surface area contributed by atoms with E-state index in [0.717, 1.165) is 5.56 Å². The lowest BCUT2D eigenvalue weighted by atomic mass is 10.2. The van der Waals surface area contributed by atoms with Crippen molar-refractivity contribution in [1.82, 2.24) is 0 Å². The highest BCUT2D eigenvalue weighted by molar-refractivity contribution is 7.86. The zero-order chi connectivity index (χ0) is 13.6. The largest absolute Gasteiger partial charge is 0.366 e. The fourth-order valence-electron chi connectivity index (χ4n) is 1.29. The van der Waals surface area contributed by atoms with Crippen molar-refractivity contribution in [3.8, 4) is 12.3 Å². The highest BCUT2D eigenvalue weighted by atomic mass is 32.2. The molecule has 18 heavy (non-hydrogen) atoms. The lowest BCUT2D eigenvalue weighted by Crippen LogP contribution is -2.20. The summed E-state index contributed by atoms with van der Waals surface area (Å²) in [5.74, 6) is 2.30. The molecule has 4 nitrogen and oxygen atoms in total. The Morgan fingerprint density at radius 3 is 2.50 bits per heavy atom. The third kappa shape index (κ3) is 4.49. The molecule has 98 valence electrons. The second-order valence-electron chi connectivity index (χ2n) is 3.89. The van der Waals surface area contributed by atoms with Crippen molar-refractivity contribution in [3.63, 3.8) is 0 Å². The van der Waals surface area contributed by atoms with Crippen LogP contribution in [0.2, 0.25) is 0 Å². The first-order valence-electron chi connectivity index (χ1n) is 5.47. The molecule has 1 aromatic rings. The van der Waals surface area contributed by atoms with Gasteiger partial charge in [-0.25, -0.2) is 0 Å². The van der Waals surface area contributed by atoms with Crippen LogP contribution < -0.4 is 0 Å². The molecule has 0 aliphatic rings. The van der Waals surface area contributed by atoms with Crippen molar-refractivity contribution >= 4 is 10.1 Å². The predicted molar refractivity (Wildman–Crippen MR) is 68.6 cm³/mol. The zero-order valence-electron chi connectivity index (χ0n) is 10.4. The van der Waals surface area contributed by atoms with Gasteiger partial charge in [-0.1, -0.05) is 23.6 Å². The monoisotopic (exact) mass is 268 g/mol. The molecule has 1 atom stereocenters. The second-order valence-corrected chi connectivity index (χ2v) is 5.47. The van der Waals surface area contributed by atoms with Crippen LogP contribution in [-0.2, 0) is 19.0 Å². The highest BCUT2D eigenvalue weighted by Crippen LogP contribution is 2.15. The fraction of sp³-hybridized carbons (Fsp3) is 0.385. The van der Waals surface area contributed by atoms with Crippen LogP contribution in [0.1, 0.15) is 12.5 Å². The molecule has 1 rings (SSSR count). The Bertz CT molecular complexity index is 511. The molecule has 5 heteroatoms. The Kier molecular flexibility index (Phi) is 5.35. The first-order chi connectivity index (χ1) is 8.45. The minimum atomic E-state index is -3.75. The Morgan fingerprint density at radius 1 is 1.33 bits per heavy atom. The van der Waals surface area contributed by atoms with E-state index in [2.05, 4.69) is 5.92 Å². The van der Waals surface area contributed by atoms with Crippen LogP contribution in [0.25, 0.3) is 0 Å². The van der Waals surface area contributed by atoms with Gasteiger partial charge in [0.25, 0.3) is 10.1 Å². The van der Waals surface area contributed by atoms with E-state index < -0.39 is 16.2 Å². The number of hydrogen-bond donors (Lipinski definition) is 0. The maximum absolute atomic E-state index is 11.9. The number of terminal acetylenes is 1. The lowest BCUT2D eigenvalue weighted by molar-refractivity contribution is 0.0798. The smallest absolute Gasteiger partial charge is 0.297 e. The summed E-state index contributed by atoms with van der Waals surface area (Å²) >= 11 is 0. The average molecular weight is 268 g/mol. The molecule has 0 fully saturated rings. The molecule has 0 saturated heterocycles. The third-order valence-corrected chi connectivity index (χ3v) is 3.57. The number of benzene rings is 1. The maximum Gasteiger partial charge on any atom is 0.297 e. The molecule has 1 unspecified atom stereocenters. The normalized spacial score (nSPS) is 12.9. The SMILES string of the molecule is C#CCOCC(C)OS(=O)(=O)c1ccc(C)cc1. The first kappa shape index (κ1) is 14.7. The number of ether oxygens (including phenoxy) is 1. The van der Waals surface area contributed by atoms with Crippen LogP contribution in [-0.4, -0.2) is 27.7 Å². The van der Waals surface area contributed by atoms with Crippen LogP contribution in [0.5, 0.6) is 0 Å². The lowest BCUT2D eigenvalue weighted by Gasteiger charge is -2.12. The van der Waals surface area contributed by atoms with Crippen molar-refractivity contribution in [2.45, 2.75) is 24.8 Å². The van der Waals surface area contributed by atoms with Gasteiger partial charge in [-0.05, 0) is 26.0 Å². The van der Waals surface area contributed by atoms with Gasteiger partial charge in [0.2, 0.25) is 0 Å². The van der Waals surface area contributed by atoms with Crippen molar-refractivity contribution in [1.29, 1.82) is 0 Å². The summed E-state index contributed by atoms with van der Waals surface area (Å²) in [6.07, 6.45) is 4.43. The molecule has 0 spiro atoms. The minimum Gasteiger partial charge on any atom is -0.366 e. The Hall–Kier alpha value is -1.35. The number of rotatable bonds is 6. The van der Waals surface area contributed by atoms with Crippen LogP contribution in [0.3, 0.4) is 0 Å². The van der Waals surface area contributed by atoms with Gasteiger partial charge in [0.05, 0.1) is 17.6 Å². The van der Waals surface area contributed by atoms with Crippen molar-refractivity contribution in [2.24, 2.45) is 0 Å². The Balaban J connectivity index is 2.65. The standard InChI is InChI=1S/C13H16O4S/c1-4-9-16-10-12(3)17-18(14,15)13-7-5-11(2)6-8-13/h1,5-8,12H,9-10H2,2-3H3. The van der Waals surface area contributed by atoms with E-state index >= 15 is 0 Å².